The molecule has 0 aliphatic heterocycles. The van der Waals surface area contributed by atoms with Crippen molar-refractivity contribution < 1.29 is 4.74 Å². The fourth-order valence-electron chi connectivity index (χ4n) is 2.03. The lowest BCUT2D eigenvalue weighted by Crippen LogP contribution is -2.38. The lowest BCUT2D eigenvalue weighted by molar-refractivity contribution is 0.0258. The molecule has 0 aliphatic rings. The number of hydrogen-bond donors (Lipinski definition) is 2. The molecule has 0 spiro atoms. The summed E-state index contributed by atoms with van der Waals surface area (Å²) < 4.78 is 5.74. The number of rotatable bonds is 8. The van der Waals surface area contributed by atoms with Gasteiger partial charge in [0.1, 0.15) is 0 Å². The molecule has 0 aliphatic carbocycles. The van der Waals surface area contributed by atoms with E-state index in [4.69, 9.17) is 4.74 Å². The molecule has 0 amide bonds. The monoisotopic (exact) mass is 312 g/mol. The number of hydrogen-bond acceptors (Lipinski definition) is 4. The summed E-state index contributed by atoms with van der Waals surface area (Å²) in [6.45, 7) is 10.8. The molecule has 21 heavy (non-hydrogen) atoms. The van der Waals surface area contributed by atoms with E-state index in [0.717, 1.165) is 37.1 Å². The molecule has 5 nitrogen and oxygen atoms in total. The third kappa shape index (κ3) is 6.91. The van der Waals surface area contributed by atoms with Crippen LogP contribution in [0.3, 0.4) is 0 Å². The highest BCUT2D eigenvalue weighted by Crippen LogP contribution is 2.11. The van der Waals surface area contributed by atoms with E-state index in [1.165, 1.54) is 4.88 Å². The minimum atomic E-state index is 0.296. The third-order valence-electron chi connectivity index (χ3n) is 3.17. The van der Waals surface area contributed by atoms with Crippen molar-refractivity contribution in [3.8, 4) is 0 Å². The molecular formula is C15H28N4OS. The first-order chi connectivity index (χ1) is 10.1. The Labute approximate surface area is 132 Å². The lowest BCUT2D eigenvalue weighted by Gasteiger charge is -2.21. The van der Waals surface area contributed by atoms with Gasteiger partial charge in [0.2, 0.25) is 0 Å². The number of ether oxygens (including phenoxy) is 1. The summed E-state index contributed by atoms with van der Waals surface area (Å²) in [7, 11) is 1.79. The van der Waals surface area contributed by atoms with Crippen molar-refractivity contribution in [2.24, 2.45) is 10.9 Å². The van der Waals surface area contributed by atoms with Gasteiger partial charge < -0.3 is 15.4 Å². The minimum absolute atomic E-state index is 0.296. The maximum Gasteiger partial charge on any atom is 0.191 e. The Morgan fingerprint density at radius 1 is 1.43 bits per heavy atom. The van der Waals surface area contributed by atoms with E-state index in [1.807, 2.05) is 20.0 Å². The van der Waals surface area contributed by atoms with Crippen LogP contribution in [0.25, 0.3) is 0 Å². The minimum Gasteiger partial charge on any atom is -0.378 e. The van der Waals surface area contributed by atoms with Crippen molar-refractivity contribution in [3.63, 3.8) is 0 Å². The standard InChI is InChI=1S/C15H28N4OS/c1-6-20-14(11(2)3)7-8-17-15(16-5)19-10-13-9-18-12(4)21-13/h9,11,14H,6-8,10H2,1-5H3,(H2,16,17,19). The van der Waals surface area contributed by atoms with Gasteiger partial charge in [0.05, 0.1) is 17.7 Å². The Bertz CT molecular complexity index is 431. The molecule has 1 rings (SSSR count). The summed E-state index contributed by atoms with van der Waals surface area (Å²) in [6, 6.07) is 0. The van der Waals surface area contributed by atoms with Crippen LogP contribution in [0.4, 0.5) is 0 Å². The zero-order valence-electron chi connectivity index (χ0n) is 13.8. The average molecular weight is 312 g/mol. The van der Waals surface area contributed by atoms with Crippen LogP contribution >= 0.6 is 11.3 Å². The molecule has 6 heteroatoms. The quantitative estimate of drug-likeness (QED) is 0.572. The summed E-state index contributed by atoms with van der Waals surface area (Å²) in [5, 5.41) is 7.72. The normalized spacial score (nSPS) is 13.5. The van der Waals surface area contributed by atoms with Gasteiger partial charge in [0, 0.05) is 31.3 Å². The average Bonchev–Trinajstić information content (AvgIpc) is 2.86. The van der Waals surface area contributed by atoms with Crippen LogP contribution in [0, 0.1) is 12.8 Å². The van der Waals surface area contributed by atoms with Crippen LogP contribution in [0.1, 0.15) is 37.1 Å². The lowest BCUT2D eigenvalue weighted by atomic mass is 10.0. The van der Waals surface area contributed by atoms with Crippen molar-refractivity contribution in [2.75, 3.05) is 20.2 Å². The smallest absolute Gasteiger partial charge is 0.191 e. The van der Waals surface area contributed by atoms with Gasteiger partial charge in [-0.1, -0.05) is 13.8 Å². The highest BCUT2D eigenvalue weighted by Gasteiger charge is 2.12. The summed E-state index contributed by atoms with van der Waals surface area (Å²) in [5.41, 5.74) is 0. The van der Waals surface area contributed by atoms with Crippen LogP contribution in [0.5, 0.6) is 0 Å². The number of nitrogens with one attached hydrogen (secondary N) is 2. The van der Waals surface area contributed by atoms with Crippen molar-refractivity contribution in [2.45, 2.75) is 46.8 Å². The van der Waals surface area contributed by atoms with Crippen LogP contribution in [-0.2, 0) is 11.3 Å². The summed E-state index contributed by atoms with van der Waals surface area (Å²) in [5.74, 6) is 1.35. The van der Waals surface area contributed by atoms with Crippen molar-refractivity contribution in [1.82, 2.24) is 15.6 Å². The van der Waals surface area contributed by atoms with Crippen LogP contribution in [0.2, 0.25) is 0 Å². The van der Waals surface area contributed by atoms with Gasteiger partial charge in [0.15, 0.2) is 5.96 Å². The van der Waals surface area contributed by atoms with Crippen LogP contribution in [0.15, 0.2) is 11.2 Å². The Morgan fingerprint density at radius 2 is 2.19 bits per heavy atom. The van der Waals surface area contributed by atoms with E-state index in [2.05, 4.69) is 34.5 Å². The number of aromatic nitrogens is 1. The zero-order valence-corrected chi connectivity index (χ0v) is 14.6. The van der Waals surface area contributed by atoms with Crippen molar-refractivity contribution >= 4 is 17.3 Å². The fraction of sp³-hybridized carbons (Fsp3) is 0.733. The molecule has 0 aromatic carbocycles. The number of nitrogens with zero attached hydrogens (tertiary/aromatic N) is 2. The second-order valence-corrected chi connectivity index (χ2v) is 6.54. The maximum atomic E-state index is 5.74. The number of thiazole rings is 1. The molecule has 1 aromatic heterocycles. The van der Waals surface area contributed by atoms with Gasteiger partial charge in [-0.15, -0.1) is 11.3 Å². The molecule has 0 bridgehead atoms. The predicted molar refractivity (Wildman–Crippen MR) is 89.9 cm³/mol. The van der Waals surface area contributed by atoms with Gasteiger partial charge in [-0.05, 0) is 26.2 Å². The van der Waals surface area contributed by atoms with Crippen molar-refractivity contribution in [1.29, 1.82) is 0 Å². The largest absolute Gasteiger partial charge is 0.378 e. The van der Waals surface area contributed by atoms with E-state index >= 15 is 0 Å². The van der Waals surface area contributed by atoms with Gasteiger partial charge in [-0.2, -0.15) is 0 Å². The van der Waals surface area contributed by atoms with Crippen LogP contribution in [-0.4, -0.2) is 37.2 Å². The first-order valence-corrected chi connectivity index (χ1v) is 8.35. The fourth-order valence-corrected chi connectivity index (χ4v) is 2.77. The van der Waals surface area contributed by atoms with Gasteiger partial charge >= 0.3 is 0 Å². The molecular weight excluding hydrogens is 284 g/mol. The Morgan fingerprint density at radius 3 is 2.71 bits per heavy atom. The van der Waals surface area contributed by atoms with E-state index in [-0.39, 0.29) is 0 Å². The number of guanidine groups is 1. The second kappa shape index (κ2) is 9.73. The number of aryl methyl sites for hydroxylation is 1. The summed E-state index contributed by atoms with van der Waals surface area (Å²) >= 11 is 1.70. The summed E-state index contributed by atoms with van der Waals surface area (Å²) in [6.07, 6.45) is 3.18. The van der Waals surface area contributed by atoms with E-state index in [9.17, 15) is 0 Å². The second-order valence-electron chi connectivity index (χ2n) is 5.22. The SMILES string of the molecule is CCOC(CCNC(=NC)NCc1cnc(C)s1)C(C)C. The Hall–Kier alpha value is -1.14. The molecule has 120 valence electrons. The Balaban J connectivity index is 2.31. The van der Waals surface area contributed by atoms with E-state index < -0.39 is 0 Å². The molecule has 1 heterocycles. The zero-order chi connectivity index (χ0) is 15.7. The molecule has 0 saturated heterocycles. The van der Waals surface area contributed by atoms with Gasteiger partial charge in [-0.3, -0.25) is 4.99 Å². The molecule has 1 atom stereocenters. The molecule has 2 N–H and O–H groups in total. The molecule has 0 fully saturated rings. The molecule has 0 saturated carbocycles. The van der Waals surface area contributed by atoms with Crippen LogP contribution < -0.4 is 10.6 Å². The molecule has 1 aromatic rings. The van der Waals surface area contributed by atoms with Crippen molar-refractivity contribution in [3.05, 3.63) is 16.1 Å². The highest BCUT2D eigenvalue weighted by atomic mass is 32.1. The number of aliphatic imine (C=N–C) groups is 1. The maximum absolute atomic E-state index is 5.74. The third-order valence-corrected chi connectivity index (χ3v) is 4.08. The van der Waals surface area contributed by atoms with Gasteiger partial charge in [-0.25, -0.2) is 4.98 Å². The molecule has 1 unspecified atom stereocenters. The van der Waals surface area contributed by atoms with Gasteiger partial charge in [0.25, 0.3) is 0 Å². The molecule has 0 radical (unpaired) electrons. The van der Waals surface area contributed by atoms with E-state index in [1.54, 1.807) is 18.4 Å². The first kappa shape index (κ1) is 17.9. The summed E-state index contributed by atoms with van der Waals surface area (Å²) in [4.78, 5) is 9.70. The first-order valence-electron chi connectivity index (χ1n) is 7.54. The highest BCUT2D eigenvalue weighted by molar-refractivity contribution is 7.11. The topological polar surface area (TPSA) is 58.5 Å². The predicted octanol–water partition coefficient (Wildman–Crippen LogP) is 2.57. The Kier molecular flexibility index (Phi) is 8.30. The van der Waals surface area contributed by atoms with E-state index in [0.29, 0.717) is 12.0 Å².